The summed E-state index contributed by atoms with van der Waals surface area (Å²) in [6, 6.07) is 10.8. The predicted octanol–water partition coefficient (Wildman–Crippen LogP) is 3.52. The highest BCUT2D eigenvalue weighted by molar-refractivity contribution is 7.14. The molecule has 0 bridgehead atoms. The van der Waals surface area contributed by atoms with Crippen molar-refractivity contribution in [2.75, 3.05) is 7.11 Å². The predicted molar refractivity (Wildman–Crippen MR) is 96.5 cm³/mol. The normalized spacial score (nSPS) is 11.8. The minimum Gasteiger partial charge on any atom is -0.467 e. The smallest absolute Gasteiger partial charge is 0.328 e. The number of amides is 1. The topological polar surface area (TPSA) is 55.4 Å². The van der Waals surface area contributed by atoms with Crippen molar-refractivity contribution in [2.45, 2.75) is 39.2 Å². The first-order valence-corrected chi connectivity index (χ1v) is 8.88. The van der Waals surface area contributed by atoms with E-state index in [0.717, 1.165) is 23.3 Å². The molecule has 0 aliphatic carbocycles. The van der Waals surface area contributed by atoms with Gasteiger partial charge in [-0.2, -0.15) is 0 Å². The number of methoxy groups -OCH3 is 1. The van der Waals surface area contributed by atoms with Crippen LogP contribution >= 0.6 is 11.3 Å². The Kier molecular flexibility index (Phi) is 6.55. The number of aryl methyl sites for hydroxylation is 2. The first-order valence-electron chi connectivity index (χ1n) is 8.07. The van der Waals surface area contributed by atoms with Crippen molar-refractivity contribution in [3.8, 4) is 0 Å². The maximum Gasteiger partial charge on any atom is 0.328 e. The molecule has 1 aromatic carbocycles. The Labute approximate surface area is 146 Å². The Morgan fingerprint density at radius 1 is 1.25 bits per heavy atom. The second-order valence-corrected chi connectivity index (χ2v) is 6.94. The van der Waals surface area contributed by atoms with Gasteiger partial charge in [-0.15, -0.1) is 11.3 Å². The van der Waals surface area contributed by atoms with Crippen LogP contribution in [-0.4, -0.2) is 25.0 Å². The van der Waals surface area contributed by atoms with E-state index in [1.807, 2.05) is 43.3 Å². The van der Waals surface area contributed by atoms with Crippen molar-refractivity contribution in [1.82, 2.24) is 5.32 Å². The molecular weight excluding hydrogens is 322 g/mol. The molecule has 2 rings (SSSR count). The zero-order valence-electron chi connectivity index (χ0n) is 14.3. The summed E-state index contributed by atoms with van der Waals surface area (Å²) < 4.78 is 4.84. The molecule has 1 amide bonds. The van der Waals surface area contributed by atoms with Crippen molar-refractivity contribution in [3.05, 3.63) is 57.3 Å². The summed E-state index contributed by atoms with van der Waals surface area (Å²) in [5.74, 6) is -0.661. The highest BCUT2D eigenvalue weighted by Crippen LogP contribution is 2.23. The van der Waals surface area contributed by atoms with Crippen LogP contribution in [0.4, 0.5) is 0 Å². The number of hydrogen-bond donors (Lipinski definition) is 1. The fourth-order valence-electron chi connectivity index (χ4n) is 2.56. The minimum absolute atomic E-state index is 0.225. The molecule has 5 heteroatoms. The second-order valence-electron chi connectivity index (χ2n) is 5.68. The molecule has 2 aromatic rings. The molecule has 1 unspecified atom stereocenters. The largest absolute Gasteiger partial charge is 0.467 e. The molecule has 128 valence electrons. The quantitative estimate of drug-likeness (QED) is 0.781. The van der Waals surface area contributed by atoms with E-state index in [1.54, 1.807) is 0 Å². The first-order chi connectivity index (χ1) is 11.5. The number of carbonyl (C=O) groups is 2. The van der Waals surface area contributed by atoms with Gasteiger partial charge in [-0.25, -0.2) is 4.79 Å². The Bertz CT molecular complexity index is 694. The van der Waals surface area contributed by atoms with Gasteiger partial charge < -0.3 is 10.1 Å². The van der Waals surface area contributed by atoms with Crippen LogP contribution in [0.5, 0.6) is 0 Å². The number of ether oxygens (including phenoxy) is 1. The Balaban J connectivity index is 2.12. The van der Waals surface area contributed by atoms with Gasteiger partial charge in [-0.05, 0) is 30.5 Å². The molecule has 0 saturated heterocycles. The van der Waals surface area contributed by atoms with E-state index in [1.165, 1.54) is 24.0 Å². The first kappa shape index (κ1) is 18.2. The van der Waals surface area contributed by atoms with Crippen LogP contribution in [0.2, 0.25) is 0 Å². The Morgan fingerprint density at radius 2 is 1.96 bits per heavy atom. The average Bonchev–Trinajstić information content (AvgIpc) is 2.96. The van der Waals surface area contributed by atoms with Crippen molar-refractivity contribution in [2.24, 2.45) is 0 Å². The van der Waals surface area contributed by atoms with Gasteiger partial charge in [-0.3, -0.25) is 4.79 Å². The summed E-state index contributed by atoms with van der Waals surface area (Å²) >= 11 is 1.47. The zero-order chi connectivity index (χ0) is 17.5. The summed E-state index contributed by atoms with van der Waals surface area (Å²) in [6.07, 6.45) is 2.41. The second kappa shape index (κ2) is 8.64. The molecule has 1 atom stereocenters. The summed E-state index contributed by atoms with van der Waals surface area (Å²) in [5, 5.41) is 2.81. The van der Waals surface area contributed by atoms with Gasteiger partial charge in [0.15, 0.2) is 0 Å². The van der Waals surface area contributed by atoms with Crippen LogP contribution < -0.4 is 5.32 Å². The maximum atomic E-state index is 12.5. The lowest BCUT2D eigenvalue weighted by atomic mass is 10.1. The van der Waals surface area contributed by atoms with E-state index in [-0.39, 0.29) is 5.91 Å². The Morgan fingerprint density at radius 3 is 2.58 bits per heavy atom. The lowest BCUT2D eigenvalue weighted by molar-refractivity contribution is -0.142. The average molecular weight is 345 g/mol. The lowest BCUT2D eigenvalue weighted by Crippen LogP contribution is -2.42. The van der Waals surface area contributed by atoms with E-state index in [4.69, 9.17) is 4.74 Å². The summed E-state index contributed by atoms with van der Waals surface area (Å²) in [7, 11) is 1.33. The Hall–Kier alpha value is -2.14. The van der Waals surface area contributed by atoms with Gasteiger partial charge in [0.25, 0.3) is 5.91 Å². The van der Waals surface area contributed by atoms with Crippen molar-refractivity contribution in [3.63, 3.8) is 0 Å². The van der Waals surface area contributed by atoms with E-state index in [9.17, 15) is 9.59 Å². The summed E-state index contributed by atoms with van der Waals surface area (Å²) in [4.78, 5) is 26.3. The summed E-state index contributed by atoms with van der Waals surface area (Å²) in [6.45, 7) is 4.14. The van der Waals surface area contributed by atoms with Gasteiger partial charge in [0, 0.05) is 11.3 Å². The van der Waals surface area contributed by atoms with Gasteiger partial charge in [0.1, 0.15) is 6.04 Å². The molecule has 0 aliphatic heterocycles. The molecule has 0 spiro atoms. The lowest BCUT2D eigenvalue weighted by Gasteiger charge is -2.16. The van der Waals surface area contributed by atoms with Crippen LogP contribution in [0.3, 0.4) is 0 Å². The third kappa shape index (κ3) is 4.68. The molecule has 1 N–H and O–H groups in total. The number of esters is 1. The van der Waals surface area contributed by atoms with Crippen LogP contribution in [0.1, 0.15) is 39.0 Å². The molecule has 24 heavy (non-hydrogen) atoms. The number of nitrogens with one attached hydrogen (secondary N) is 1. The van der Waals surface area contributed by atoms with E-state index < -0.39 is 12.0 Å². The van der Waals surface area contributed by atoms with Crippen LogP contribution in [0, 0.1) is 6.92 Å². The van der Waals surface area contributed by atoms with Crippen molar-refractivity contribution < 1.29 is 14.3 Å². The highest BCUT2D eigenvalue weighted by Gasteiger charge is 2.23. The third-order valence-electron chi connectivity index (χ3n) is 3.84. The van der Waals surface area contributed by atoms with Crippen molar-refractivity contribution >= 4 is 23.2 Å². The molecule has 1 aromatic heterocycles. The van der Waals surface area contributed by atoms with E-state index in [2.05, 4.69) is 12.2 Å². The van der Waals surface area contributed by atoms with E-state index >= 15 is 0 Å². The van der Waals surface area contributed by atoms with Crippen molar-refractivity contribution in [1.29, 1.82) is 0 Å². The van der Waals surface area contributed by atoms with Gasteiger partial charge in [0.2, 0.25) is 0 Å². The molecular formula is C19H23NO3S. The molecule has 1 heterocycles. The van der Waals surface area contributed by atoms with Gasteiger partial charge in [0.05, 0.1) is 12.0 Å². The number of benzene rings is 1. The van der Waals surface area contributed by atoms with E-state index in [0.29, 0.717) is 11.3 Å². The van der Waals surface area contributed by atoms with Crippen LogP contribution in [0.15, 0.2) is 36.4 Å². The standard InChI is InChI=1S/C19H23NO3S/c1-4-8-15-12-17(24-13(15)2)18(21)20-16(19(22)23-3)11-14-9-6-5-7-10-14/h5-7,9-10,12,16H,4,8,11H2,1-3H3,(H,20,21). The van der Waals surface area contributed by atoms with Crippen LogP contribution in [0.25, 0.3) is 0 Å². The zero-order valence-corrected chi connectivity index (χ0v) is 15.1. The fraction of sp³-hybridized carbons (Fsp3) is 0.368. The monoisotopic (exact) mass is 345 g/mol. The van der Waals surface area contributed by atoms with Gasteiger partial charge in [-0.1, -0.05) is 43.7 Å². The minimum atomic E-state index is -0.693. The molecule has 0 saturated carbocycles. The number of rotatable bonds is 7. The molecule has 0 radical (unpaired) electrons. The molecule has 0 fully saturated rings. The van der Waals surface area contributed by atoms with Gasteiger partial charge >= 0.3 is 5.97 Å². The highest BCUT2D eigenvalue weighted by atomic mass is 32.1. The number of carbonyl (C=O) groups excluding carboxylic acids is 2. The number of hydrogen-bond acceptors (Lipinski definition) is 4. The SMILES string of the molecule is CCCc1cc(C(=O)NC(Cc2ccccc2)C(=O)OC)sc1C. The van der Waals surface area contributed by atoms with Crippen LogP contribution in [-0.2, 0) is 22.4 Å². The summed E-state index contributed by atoms with van der Waals surface area (Å²) in [5.41, 5.74) is 2.17. The molecule has 0 aliphatic rings. The third-order valence-corrected chi connectivity index (χ3v) is 4.93. The molecule has 4 nitrogen and oxygen atoms in total. The number of thiophene rings is 1. The maximum absolute atomic E-state index is 12.5. The fourth-order valence-corrected chi connectivity index (χ4v) is 3.54.